The molecule has 2 heterocycles. The summed E-state index contributed by atoms with van der Waals surface area (Å²) in [6.45, 7) is 0. The van der Waals surface area contributed by atoms with Crippen LogP contribution in [-0.2, 0) is 0 Å². The van der Waals surface area contributed by atoms with Crippen LogP contribution in [0.3, 0.4) is 0 Å². The van der Waals surface area contributed by atoms with Gasteiger partial charge in [-0.2, -0.15) is 0 Å². The van der Waals surface area contributed by atoms with Crippen LogP contribution in [0.5, 0.6) is 0 Å². The highest BCUT2D eigenvalue weighted by Gasteiger charge is 2.17. The maximum atomic E-state index is 6.14. The van der Waals surface area contributed by atoms with Gasteiger partial charge in [0.25, 0.3) is 0 Å². The minimum Gasteiger partial charge on any atom is -0.456 e. The third-order valence-corrected chi connectivity index (χ3v) is 9.48. The lowest BCUT2D eigenvalue weighted by Crippen LogP contribution is -2.00. The molecule has 0 aliphatic carbocycles. The Morgan fingerprint density at radius 1 is 0.306 bits per heavy atom. The lowest BCUT2D eigenvalue weighted by molar-refractivity contribution is 0.669. The van der Waals surface area contributed by atoms with E-state index in [1.54, 1.807) is 0 Å². The van der Waals surface area contributed by atoms with Gasteiger partial charge in [-0.3, -0.25) is 0 Å². The first-order chi connectivity index (χ1) is 24.2. The van der Waals surface area contributed by atoms with E-state index in [1.165, 1.54) is 32.7 Å². The lowest BCUT2D eigenvalue weighted by Gasteiger charge is -2.13. The van der Waals surface area contributed by atoms with Gasteiger partial charge in [-0.15, -0.1) is 0 Å². The number of hydrogen-bond donors (Lipinski definition) is 0. The standard InChI is InChI=1S/C45H27N3O/c1-2-11-29(12-3-1)38-25-31-14-6-7-15-35(31)36-22-20-33(26-39(36)38)44-46-43(32-19-18-28-10-4-5-13-30(28)24-32)47-45(48-44)34-21-23-42-40(27-34)37-16-8-9-17-41(37)49-42/h1-27H. The van der Waals surface area contributed by atoms with Crippen molar-refractivity contribution in [2.45, 2.75) is 0 Å². The summed E-state index contributed by atoms with van der Waals surface area (Å²) in [4.78, 5) is 15.4. The second-order valence-electron chi connectivity index (χ2n) is 12.4. The summed E-state index contributed by atoms with van der Waals surface area (Å²) in [5, 5.41) is 9.20. The van der Waals surface area contributed by atoms with Crippen molar-refractivity contribution in [1.29, 1.82) is 0 Å². The van der Waals surface area contributed by atoms with Crippen molar-refractivity contribution in [3.63, 3.8) is 0 Å². The number of nitrogens with zero attached hydrogens (tertiary/aromatic N) is 3. The van der Waals surface area contributed by atoms with Gasteiger partial charge in [-0.05, 0) is 85.9 Å². The van der Waals surface area contributed by atoms with Crippen LogP contribution < -0.4 is 0 Å². The van der Waals surface area contributed by atoms with Crippen LogP contribution in [-0.4, -0.2) is 15.0 Å². The van der Waals surface area contributed by atoms with Gasteiger partial charge in [-0.1, -0.05) is 121 Å². The molecule has 0 N–H and O–H groups in total. The molecule has 0 saturated heterocycles. The molecule has 49 heavy (non-hydrogen) atoms. The van der Waals surface area contributed by atoms with E-state index in [0.717, 1.165) is 49.4 Å². The number of rotatable bonds is 4. The molecule has 4 heteroatoms. The summed E-state index contributed by atoms with van der Waals surface area (Å²) in [5.74, 6) is 1.87. The van der Waals surface area contributed by atoms with Crippen molar-refractivity contribution in [3.8, 4) is 45.3 Å². The van der Waals surface area contributed by atoms with Crippen LogP contribution in [0.1, 0.15) is 0 Å². The number of fused-ring (bicyclic) bond motifs is 7. The second kappa shape index (κ2) is 11.0. The Hall–Kier alpha value is -6.65. The third-order valence-electron chi connectivity index (χ3n) is 9.48. The van der Waals surface area contributed by atoms with Gasteiger partial charge >= 0.3 is 0 Å². The SMILES string of the molecule is c1ccc(-c2cc3ccccc3c3ccc(-c4nc(-c5ccc6ccccc6c5)nc(-c5ccc6oc7ccccc7c6c5)n4)cc23)cc1. The molecule has 0 bridgehead atoms. The van der Waals surface area contributed by atoms with Crippen LogP contribution in [0.15, 0.2) is 168 Å². The second-order valence-corrected chi connectivity index (χ2v) is 12.4. The zero-order chi connectivity index (χ0) is 32.3. The Bertz CT molecular complexity index is 2890. The molecule has 8 aromatic carbocycles. The highest BCUT2D eigenvalue weighted by molar-refractivity contribution is 6.14. The molecule has 10 aromatic rings. The van der Waals surface area contributed by atoms with Gasteiger partial charge in [0.2, 0.25) is 0 Å². The quantitative estimate of drug-likeness (QED) is 0.183. The molecule has 0 aliphatic rings. The van der Waals surface area contributed by atoms with E-state index in [4.69, 9.17) is 19.4 Å². The molecule has 0 amide bonds. The van der Waals surface area contributed by atoms with Crippen LogP contribution in [0.25, 0.3) is 99.5 Å². The fourth-order valence-electron chi connectivity index (χ4n) is 7.06. The molecule has 0 aliphatic heterocycles. The van der Waals surface area contributed by atoms with Crippen molar-refractivity contribution < 1.29 is 4.42 Å². The first kappa shape index (κ1) is 27.5. The first-order valence-electron chi connectivity index (χ1n) is 16.4. The number of hydrogen-bond acceptors (Lipinski definition) is 4. The molecule has 4 nitrogen and oxygen atoms in total. The maximum absolute atomic E-state index is 6.14. The number of aromatic nitrogens is 3. The maximum Gasteiger partial charge on any atom is 0.164 e. The molecular weight excluding hydrogens is 599 g/mol. The number of furan rings is 1. The zero-order valence-electron chi connectivity index (χ0n) is 26.3. The minimum atomic E-state index is 0.613. The Morgan fingerprint density at radius 3 is 1.67 bits per heavy atom. The number of para-hydroxylation sites is 1. The topological polar surface area (TPSA) is 51.8 Å². The summed E-state index contributed by atoms with van der Waals surface area (Å²) < 4.78 is 6.14. The lowest BCUT2D eigenvalue weighted by atomic mass is 9.92. The molecule has 0 radical (unpaired) electrons. The number of benzene rings is 8. The normalized spacial score (nSPS) is 11.7. The van der Waals surface area contributed by atoms with Gasteiger partial charge in [0, 0.05) is 27.5 Å². The molecule has 228 valence electrons. The summed E-state index contributed by atoms with van der Waals surface area (Å²) in [6.07, 6.45) is 0. The minimum absolute atomic E-state index is 0.613. The van der Waals surface area contributed by atoms with Gasteiger partial charge in [-0.25, -0.2) is 15.0 Å². The molecule has 0 spiro atoms. The summed E-state index contributed by atoms with van der Waals surface area (Å²) >= 11 is 0. The van der Waals surface area contributed by atoms with E-state index in [1.807, 2.05) is 30.3 Å². The van der Waals surface area contributed by atoms with Crippen LogP contribution in [0.4, 0.5) is 0 Å². The van der Waals surface area contributed by atoms with Crippen LogP contribution >= 0.6 is 0 Å². The van der Waals surface area contributed by atoms with Gasteiger partial charge < -0.3 is 4.42 Å². The fourth-order valence-corrected chi connectivity index (χ4v) is 7.06. The van der Waals surface area contributed by atoms with Crippen LogP contribution in [0, 0.1) is 0 Å². The van der Waals surface area contributed by atoms with Gasteiger partial charge in [0.15, 0.2) is 17.5 Å². The van der Waals surface area contributed by atoms with E-state index in [9.17, 15) is 0 Å². The molecule has 10 rings (SSSR count). The van der Waals surface area contributed by atoms with Gasteiger partial charge in [0.1, 0.15) is 11.2 Å². The van der Waals surface area contributed by atoms with Crippen LogP contribution in [0.2, 0.25) is 0 Å². The molecule has 0 unspecified atom stereocenters. The van der Waals surface area contributed by atoms with E-state index >= 15 is 0 Å². The van der Waals surface area contributed by atoms with E-state index in [-0.39, 0.29) is 0 Å². The van der Waals surface area contributed by atoms with Crippen molar-refractivity contribution in [1.82, 2.24) is 15.0 Å². The van der Waals surface area contributed by atoms with Crippen molar-refractivity contribution in [3.05, 3.63) is 164 Å². The first-order valence-corrected chi connectivity index (χ1v) is 16.4. The van der Waals surface area contributed by atoms with E-state index < -0.39 is 0 Å². The predicted octanol–water partition coefficient (Wildman–Crippen LogP) is 11.9. The predicted molar refractivity (Wildman–Crippen MR) is 201 cm³/mol. The molecule has 0 fully saturated rings. The molecule has 0 atom stereocenters. The third kappa shape index (κ3) is 4.65. The van der Waals surface area contributed by atoms with Crippen molar-refractivity contribution in [2.24, 2.45) is 0 Å². The largest absolute Gasteiger partial charge is 0.456 e. The molecule has 0 saturated carbocycles. The van der Waals surface area contributed by atoms with E-state index in [2.05, 4.69) is 133 Å². The average molecular weight is 626 g/mol. The smallest absolute Gasteiger partial charge is 0.164 e. The monoisotopic (exact) mass is 625 g/mol. The highest BCUT2D eigenvalue weighted by atomic mass is 16.3. The Morgan fingerprint density at radius 2 is 0.878 bits per heavy atom. The summed E-state index contributed by atoms with van der Waals surface area (Å²) in [6, 6.07) is 57.1. The Kier molecular flexibility index (Phi) is 6.15. The van der Waals surface area contributed by atoms with E-state index in [0.29, 0.717) is 17.5 Å². The zero-order valence-corrected chi connectivity index (χ0v) is 26.3. The highest BCUT2D eigenvalue weighted by Crippen LogP contribution is 2.38. The average Bonchev–Trinajstić information content (AvgIpc) is 3.55. The van der Waals surface area contributed by atoms with Gasteiger partial charge in [0.05, 0.1) is 0 Å². The fraction of sp³-hybridized carbons (Fsp3) is 0. The molecule has 2 aromatic heterocycles. The summed E-state index contributed by atoms with van der Waals surface area (Å²) in [7, 11) is 0. The van der Waals surface area contributed by atoms with Crippen molar-refractivity contribution >= 4 is 54.3 Å². The van der Waals surface area contributed by atoms with Crippen molar-refractivity contribution in [2.75, 3.05) is 0 Å². The summed E-state index contributed by atoms with van der Waals surface area (Å²) in [5.41, 5.74) is 6.82. The molecular formula is C45H27N3O. The Balaban J connectivity index is 1.22. The Labute approximate surface area is 282 Å².